The van der Waals surface area contributed by atoms with Gasteiger partial charge in [-0.1, -0.05) is 18.2 Å². The molecule has 0 saturated heterocycles. The average Bonchev–Trinajstić information content (AvgIpc) is 3.36. The van der Waals surface area contributed by atoms with Crippen LogP contribution in [-0.2, 0) is 21.2 Å². The summed E-state index contributed by atoms with van der Waals surface area (Å²) >= 11 is 4.28. The molecule has 0 spiro atoms. The number of rotatable bonds is 9. The number of aromatic nitrogens is 1. The second kappa shape index (κ2) is 9.80. The molecule has 31 heavy (non-hydrogen) atoms. The van der Waals surface area contributed by atoms with Crippen LogP contribution in [0.5, 0.6) is 0 Å². The molecule has 1 aromatic carbocycles. The lowest BCUT2D eigenvalue weighted by atomic mass is 10.0. The van der Waals surface area contributed by atoms with Crippen molar-refractivity contribution in [1.29, 1.82) is 0 Å². The second-order valence-electron chi connectivity index (χ2n) is 6.59. The lowest BCUT2D eigenvalue weighted by Gasteiger charge is -2.25. The Morgan fingerprint density at radius 2 is 2.06 bits per heavy atom. The van der Waals surface area contributed by atoms with Crippen molar-refractivity contribution in [1.82, 2.24) is 20.2 Å². The molecule has 2 aromatic heterocycles. The van der Waals surface area contributed by atoms with E-state index in [1.54, 1.807) is 17.7 Å². The van der Waals surface area contributed by atoms with Crippen molar-refractivity contribution in [2.75, 3.05) is 6.54 Å². The van der Waals surface area contributed by atoms with Gasteiger partial charge in [0.15, 0.2) is 0 Å². The Hall–Kier alpha value is -2.42. The first kappa shape index (κ1) is 23.2. The summed E-state index contributed by atoms with van der Waals surface area (Å²) in [6.07, 6.45) is 3.18. The van der Waals surface area contributed by atoms with E-state index in [4.69, 9.17) is 16.8 Å². The van der Waals surface area contributed by atoms with Crippen molar-refractivity contribution in [3.8, 4) is 0 Å². The first-order valence-electron chi connectivity index (χ1n) is 8.94. The number of carbonyl (C=O) groups excluding carboxylic acids is 1. The van der Waals surface area contributed by atoms with Crippen LogP contribution in [0, 0.1) is 0 Å². The largest absolute Gasteiger partial charge is 0.400 e. The van der Waals surface area contributed by atoms with Gasteiger partial charge in [0.1, 0.15) is 10.3 Å². The zero-order valence-electron chi connectivity index (χ0n) is 16.1. The van der Waals surface area contributed by atoms with Gasteiger partial charge in [-0.25, -0.2) is 24.5 Å². The van der Waals surface area contributed by atoms with Gasteiger partial charge in [0.25, 0.3) is 5.91 Å². The lowest BCUT2D eigenvalue weighted by molar-refractivity contribution is -0.134. The Morgan fingerprint density at radius 3 is 2.74 bits per heavy atom. The Balaban J connectivity index is 1.72. The Kier molecular flexibility index (Phi) is 7.35. The van der Waals surface area contributed by atoms with E-state index in [0.717, 1.165) is 32.8 Å². The molecule has 13 heteroatoms. The lowest BCUT2D eigenvalue weighted by Crippen LogP contribution is -2.49. The summed E-state index contributed by atoms with van der Waals surface area (Å²) in [5.41, 5.74) is 9.31. The number of aromatic amines is 1. The number of nitrogens with two attached hydrogens (primary N) is 2. The SMILES string of the molecule is N/C(=C\N(N)[C@@H](Cc1c[nH]c2ccccc12)C(=O)NO)CNS(=O)(=O)c1ccc(Br)s1. The van der Waals surface area contributed by atoms with E-state index < -0.39 is 22.0 Å². The number of nitrogens with one attached hydrogen (secondary N) is 3. The fourth-order valence-electron chi connectivity index (χ4n) is 2.94. The molecule has 166 valence electrons. The Bertz CT molecular complexity index is 1210. The number of thiophene rings is 1. The number of hydrogen-bond acceptors (Lipinski definition) is 8. The van der Waals surface area contributed by atoms with E-state index in [0.29, 0.717) is 3.79 Å². The molecule has 1 atom stereocenters. The fraction of sp³-hybridized carbons (Fsp3) is 0.167. The molecule has 3 aromatic rings. The molecular weight excluding hydrogens is 508 g/mol. The molecule has 0 saturated carbocycles. The predicted octanol–water partition coefficient (Wildman–Crippen LogP) is 1.36. The molecule has 0 radical (unpaired) electrons. The molecule has 0 aliphatic heterocycles. The molecule has 0 unspecified atom stereocenters. The number of H-pyrrole nitrogens is 1. The van der Waals surface area contributed by atoms with E-state index in [1.165, 1.54) is 12.3 Å². The van der Waals surface area contributed by atoms with Gasteiger partial charge in [-0.15, -0.1) is 11.3 Å². The normalized spacial score (nSPS) is 13.3. The number of para-hydroxylation sites is 1. The summed E-state index contributed by atoms with van der Waals surface area (Å²) in [6.45, 7) is -0.216. The first-order chi connectivity index (χ1) is 14.7. The summed E-state index contributed by atoms with van der Waals surface area (Å²) in [5, 5.41) is 11.1. The molecule has 0 aliphatic carbocycles. The highest BCUT2D eigenvalue weighted by atomic mass is 79.9. The number of hydrazine groups is 1. The summed E-state index contributed by atoms with van der Waals surface area (Å²) in [7, 11) is -3.74. The molecule has 2 heterocycles. The van der Waals surface area contributed by atoms with Gasteiger partial charge in [0, 0.05) is 35.4 Å². The van der Waals surface area contributed by atoms with Gasteiger partial charge in [0.2, 0.25) is 10.0 Å². The van der Waals surface area contributed by atoms with Gasteiger partial charge in [-0.2, -0.15) is 0 Å². The van der Waals surface area contributed by atoms with Gasteiger partial charge in [-0.05, 0) is 39.7 Å². The summed E-state index contributed by atoms with van der Waals surface area (Å²) in [5.74, 6) is 5.29. The fourth-order valence-corrected chi connectivity index (χ4v) is 6.01. The van der Waals surface area contributed by atoms with E-state index in [9.17, 15) is 13.2 Å². The van der Waals surface area contributed by atoms with Gasteiger partial charge in [-0.3, -0.25) is 10.0 Å². The van der Waals surface area contributed by atoms with Crippen LogP contribution in [0.4, 0.5) is 0 Å². The van der Waals surface area contributed by atoms with Crippen molar-refractivity contribution in [2.24, 2.45) is 11.6 Å². The molecular formula is C18H21BrN6O4S2. The average molecular weight is 529 g/mol. The number of sulfonamides is 1. The van der Waals surface area contributed by atoms with E-state index in [1.807, 2.05) is 24.3 Å². The minimum Gasteiger partial charge on any atom is -0.400 e. The van der Waals surface area contributed by atoms with Crippen molar-refractivity contribution in [2.45, 2.75) is 16.7 Å². The number of fused-ring (bicyclic) bond motifs is 1. The maximum atomic E-state index is 12.3. The minimum absolute atomic E-state index is 0.0800. The molecule has 0 aliphatic rings. The standard InChI is InChI=1S/C18H21BrN6O4S2/c19-16-5-6-17(30-16)31(28,29)23-9-12(20)10-25(21)15(18(26)24-27)7-11-8-22-14-4-2-1-3-13(11)14/h1-6,8,10,15,22-23,27H,7,9,20-21H2,(H,24,26)/b12-10-/t15-/m0/s1. The molecule has 3 rings (SSSR count). The highest BCUT2D eigenvalue weighted by molar-refractivity contribution is 9.11. The molecule has 8 N–H and O–H groups in total. The molecule has 0 fully saturated rings. The van der Waals surface area contributed by atoms with E-state index in [-0.39, 0.29) is 22.9 Å². The third-order valence-corrected chi connectivity index (χ3v) is 7.97. The van der Waals surface area contributed by atoms with Crippen LogP contribution >= 0.6 is 27.3 Å². The molecule has 0 bridgehead atoms. The zero-order chi connectivity index (χ0) is 22.6. The number of benzene rings is 1. The van der Waals surface area contributed by atoms with E-state index >= 15 is 0 Å². The highest BCUT2D eigenvalue weighted by Gasteiger charge is 2.24. The van der Waals surface area contributed by atoms with E-state index in [2.05, 4.69) is 25.6 Å². The van der Waals surface area contributed by atoms with Crippen LogP contribution in [0.2, 0.25) is 0 Å². The quantitative estimate of drug-likeness (QED) is 0.138. The number of nitrogens with zero attached hydrogens (tertiary/aromatic N) is 1. The minimum atomic E-state index is -3.74. The number of amides is 1. The third-order valence-electron chi connectivity index (χ3n) is 4.46. The maximum absolute atomic E-state index is 12.3. The highest BCUT2D eigenvalue weighted by Crippen LogP contribution is 2.25. The maximum Gasteiger partial charge on any atom is 0.267 e. The third kappa shape index (κ3) is 5.64. The van der Waals surface area contributed by atoms with Crippen LogP contribution in [0.1, 0.15) is 5.56 Å². The number of hydrogen-bond donors (Lipinski definition) is 6. The topological polar surface area (TPSA) is 167 Å². The first-order valence-corrected chi connectivity index (χ1v) is 12.0. The smallest absolute Gasteiger partial charge is 0.267 e. The molecule has 1 amide bonds. The molecule has 10 nitrogen and oxygen atoms in total. The van der Waals surface area contributed by atoms with Gasteiger partial charge >= 0.3 is 0 Å². The van der Waals surface area contributed by atoms with Crippen molar-refractivity contribution < 1.29 is 18.4 Å². The number of hydroxylamine groups is 1. The second-order valence-corrected chi connectivity index (χ2v) is 11.0. The predicted molar refractivity (Wildman–Crippen MR) is 121 cm³/mol. The van der Waals surface area contributed by atoms with Gasteiger partial charge in [0.05, 0.1) is 10.3 Å². The number of carbonyl (C=O) groups is 1. The monoisotopic (exact) mass is 528 g/mol. The van der Waals surface area contributed by atoms with Crippen molar-refractivity contribution >= 4 is 54.1 Å². The Morgan fingerprint density at radius 1 is 1.32 bits per heavy atom. The number of halogens is 1. The van der Waals surface area contributed by atoms with Crippen LogP contribution in [0.15, 0.2) is 62.5 Å². The van der Waals surface area contributed by atoms with Crippen LogP contribution in [-0.4, -0.2) is 42.1 Å². The summed E-state index contributed by atoms with van der Waals surface area (Å²) < 4.78 is 27.8. The van der Waals surface area contributed by atoms with Crippen molar-refractivity contribution in [3.05, 3.63) is 63.8 Å². The van der Waals surface area contributed by atoms with Crippen LogP contribution < -0.4 is 21.8 Å². The van der Waals surface area contributed by atoms with Gasteiger partial charge < -0.3 is 15.7 Å². The zero-order valence-corrected chi connectivity index (χ0v) is 19.3. The Labute approximate surface area is 191 Å². The van der Waals surface area contributed by atoms with Crippen molar-refractivity contribution in [3.63, 3.8) is 0 Å². The summed E-state index contributed by atoms with van der Waals surface area (Å²) in [6, 6.07) is 9.66. The van der Waals surface area contributed by atoms with Crippen LogP contribution in [0.25, 0.3) is 10.9 Å². The van der Waals surface area contributed by atoms with Crippen LogP contribution in [0.3, 0.4) is 0 Å². The summed E-state index contributed by atoms with van der Waals surface area (Å²) in [4.78, 5) is 15.3.